The summed E-state index contributed by atoms with van der Waals surface area (Å²) in [6.07, 6.45) is 3.42. The van der Waals surface area contributed by atoms with Crippen LogP contribution < -0.4 is 0 Å². The van der Waals surface area contributed by atoms with Gasteiger partial charge in [-0.2, -0.15) is 5.26 Å². The molecular formula is C20H16N2O3. The zero-order valence-electron chi connectivity index (χ0n) is 13.4. The maximum Gasteiger partial charge on any atom is 0.337 e. The van der Waals surface area contributed by atoms with Crippen molar-refractivity contribution in [2.75, 3.05) is 6.61 Å². The number of hydrogen-bond donors (Lipinski definition) is 3. The molecule has 0 saturated heterocycles. The minimum atomic E-state index is -1.00. The van der Waals surface area contributed by atoms with Gasteiger partial charge in [0.05, 0.1) is 23.8 Å². The molecule has 2 aromatic carbocycles. The Balaban J connectivity index is 1.83. The van der Waals surface area contributed by atoms with E-state index in [0.29, 0.717) is 22.0 Å². The fraction of sp³-hybridized carbons (Fsp3) is 0.200. The summed E-state index contributed by atoms with van der Waals surface area (Å²) < 4.78 is 0. The van der Waals surface area contributed by atoms with Crippen molar-refractivity contribution in [3.8, 4) is 17.2 Å². The van der Waals surface area contributed by atoms with Crippen molar-refractivity contribution in [2.24, 2.45) is 0 Å². The zero-order chi connectivity index (χ0) is 17.6. The Morgan fingerprint density at radius 3 is 2.52 bits per heavy atom. The van der Waals surface area contributed by atoms with Crippen molar-refractivity contribution in [3.05, 3.63) is 59.3 Å². The first-order valence-electron chi connectivity index (χ1n) is 8.08. The van der Waals surface area contributed by atoms with Crippen LogP contribution in [0.15, 0.2) is 42.6 Å². The smallest absolute Gasteiger partial charge is 0.337 e. The van der Waals surface area contributed by atoms with Crippen molar-refractivity contribution in [3.63, 3.8) is 0 Å². The Hall–Kier alpha value is -3.10. The SMILES string of the molecule is N#Cc1cc2[nH]cc(C(=O)O)c2cc1-c1ccc(C2(CO)CC2)cc1. The highest BCUT2D eigenvalue weighted by Gasteiger charge is 2.43. The molecule has 1 heterocycles. The summed E-state index contributed by atoms with van der Waals surface area (Å²) in [4.78, 5) is 14.3. The fourth-order valence-electron chi connectivity index (χ4n) is 3.37. The molecule has 5 heteroatoms. The minimum absolute atomic E-state index is 0.0995. The quantitative estimate of drug-likeness (QED) is 0.682. The number of H-pyrrole nitrogens is 1. The van der Waals surface area contributed by atoms with Crippen molar-refractivity contribution in [1.82, 2.24) is 4.98 Å². The summed E-state index contributed by atoms with van der Waals surface area (Å²) in [5.41, 5.74) is 3.87. The van der Waals surface area contributed by atoms with Crippen LogP contribution in [0.4, 0.5) is 0 Å². The molecule has 5 nitrogen and oxygen atoms in total. The molecule has 3 N–H and O–H groups in total. The maximum atomic E-state index is 11.4. The predicted octanol–water partition coefficient (Wildman–Crippen LogP) is 3.43. The van der Waals surface area contributed by atoms with E-state index in [2.05, 4.69) is 11.1 Å². The van der Waals surface area contributed by atoms with Gasteiger partial charge in [0.15, 0.2) is 0 Å². The fourth-order valence-corrected chi connectivity index (χ4v) is 3.37. The average Bonchev–Trinajstić information content (AvgIpc) is 3.33. The number of nitrogens with one attached hydrogen (secondary N) is 1. The number of aliphatic hydroxyl groups excluding tert-OH is 1. The second-order valence-electron chi connectivity index (χ2n) is 6.58. The molecule has 25 heavy (non-hydrogen) atoms. The van der Waals surface area contributed by atoms with Crippen LogP contribution in [-0.4, -0.2) is 27.8 Å². The van der Waals surface area contributed by atoms with E-state index in [9.17, 15) is 20.3 Å². The third kappa shape index (κ3) is 2.39. The molecule has 0 bridgehead atoms. The molecule has 0 unspecified atom stereocenters. The highest BCUT2D eigenvalue weighted by Crippen LogP contribution is 2.48. The van der Waals surface area contributed by atoms with Crippen LogP contribution in [0.5, 0.6) is 0 Å². The second kappa shape index (κ2) is 5.47. The number of aromatic nitrogens is 1. The Morgan fingerprint density at radius 1 is 1.24 bits per heavy atom. The van der Waals surface area contributed by atoms with Gasteiger partial charge in [0.1, 0.15) is 0 Å². The number of carboxylic acids is 1. The lowest BCUT2D eigenvalue weighted by atomic mass is 9.92. The number of carbonyl (C=O) groups is 1. The summed E-state index contributed by atoms with van der Waals surface area (Å²) in [5, 5.41) is 28.9. The standard InChI is InChI=1S/C20H16N2O3/c21-9-13-7-18-16(17(10-22-18)19(24)25)8-15(13)12-1-3-14(4-2-12)20(11-23)5-6-20/h1-4,7-8,10,22-23H,5-6,11H2,(H,24,25). The monoisotopic (exact) mass is 332 g/mol. The lowest BCUT2D eigenvalue weighted by Crippen LogP contribution is -2.11. The summed E-state index contributed by atoms with van der Waals surface area (Å²) >= 11 is 0. The number of nitriles is 1. The van der Waals surface area contributed by atoms with Crippen molar-refractivity contribution in [1.29, 1.82) is 5.26 Å². The van der Waals surface area contributed by atoms with Gasteiger partial charge < -0.3 is 15.2 Å². The molecule has 3 aromatic rings. The van der Waals surface area contributed by atoms with Gasteiger partial charge in [-0.15, -0.1) is 0 Å². The van der Waals surface area contributed by atoms with Gasteiger partial charge in [-0.25, -0.2) is 4.79 Å². The summed E-state index contributed by atoms with van der Waals surface area (Å²) in [6.45, 7) is 0.146. The molecule has 4 rings (SSSR count). The molecular weight excluding hydrogens is 316 g/mol. The van der Waals surface area contributed by atoms with E-state index in [1.54, 1.807) is 12.1 Å². The second-order valence-corrected chi connectivity index (χ2v) is 6.58. The van der Waals surface area contributed by atoms with E-state index in [1.165, 1.54) is 6.20 Å². The first-order chi connectivity index (χ1) is 12.1. The van der Waals surface area contributed by atoms with Crippen LogP contribution in [0.1, 0.15) is 34.3 Å². The number of aromatic carboxylic acids is 1. The number of fused-ring (bicyclic) bond motifs is 1. The molecule has 0 spiro atoms. The largest absolute Gasteiger partial charge is 0.478 e. The van der Waals surface area contributed by atoms with Gasteiger partial charge in [0.25, 0.3) is 0 Å². The summed E-state index contributed by atoms with van der Waals surface area (Å²) in [5.74, 6) is -1.00. The van der Waals surface area contributed by atoms with Crippen LogP contribution in [0, 0.1) is 11.3 Å². The van der Waals surface area contributed by atoms with E-state index in [0.717, 1.165) is 24.0 Å². The molecule has 1 fully saturated rings. The molecule has 124 valence electrons. The third-order valence-corrected chi connectivity index (χ3v) is 5.14. The normalized spacial score (nSPS) is 15.0. The van der Waals surface area contributed by atoms with Crippen LogP contribution in [0.3, 0.4) is 0 Å². The maximum absolute atomic E-state index is 11.4. The van der Waals surface area contributed by atoms with Crippen LogP contribution in [0.25, 0.3) is 22.0 Å². The first-order valence-corrected chi connectivity index (χ1v) is 8.08. The Labute approximate surface area is 144 Å². The number of nitrogens with zero attached hydrogens (tertiary/aromatic N) is 1. The molecule has 0 aliphatic heterocycles. The van der Waals surface area contributed by atoms with E-state index in [-0.39, 0.29) is 17.6 Å². The molecule has 0 radical (unpaired) electrons. The molecule has 1 aliphatic carbocycles. The van der Waals surface area contributed by atoms with Crippen molar-refractivity contribution >= 4 is 16.9 Å². The van der Waals surface area contributed by atoms with Gasteiger partial charge >= 0.3 is 5.97 Å². The Morgan fingerprint density at radius 2 is 1.96 bits per heavy atom. The highest BCUT2D eigenvalue weighted by atomic mass is 16.4. The van der Waals surface area contributed by atoms with E-state index in [4.69, 9.17) is 0 Å². The van der Waals surface area contributed by atoms with E-state index in [1.807, 2.05) is 24.3 Å². The molecule has 1 aliphatic rings. The van der Waals surface area contributed by atoms with Crippen LogP contribution in [0.2, 0.25) is 0 Å². The van der Waals surface area contributed by atoms with Gasteiger partial charge in [-0.05, 0) is 36.1 Å². The number of aromatic amines is 1. The van der Waals surface area contributed by atoms with E-state index >= 15 is 0 Å². The van der Waals surface area contributed by atoms with Gasteiger partial charge in [-0.1, -0.05) is 24.3 Å². The number of carboxylic acid groups (broad SMARTS) is 1. The highest BCUT2D eigenvalue weighted by molar-refractivity contribution is 6.05. The number of hydrogen-bond acceptors (Lipinski definition) is 3. The Bertz CT molecular complexity index is 1020. The average molecular weight is 332 g/mol. The van der Waals surface area contributed by atoms with Gasteiger partial charge in [0.2, 0.25) is 0 Å². The zero-order valence-corrected chi connectivity index (χ0v) is 13.4. The third-order valence-electron chi connectivity index (χ3n) is 5.14. The molecule has 1 saturated carbocycles. The lowest BCUT2D eigenvalue weighted by Gasteiger charge is -2.13. The molecule has 0 atom stereocenters. The van der Waals surface area contributed by atoms with Crippen molar-refractivity contribution < 1.29 is 15.0 Å². The van der Waals surface area contributed by atoms with E-state index < -0.39 is 5.97 Å². The van der Waals surface area contributed by atoms with Crippen LogP contribution in [-0.2, 0) is 5.41 Å². The minimum Gasteiger partial charge on any atom is -0.478 e. The topological polar surface area (TPSA) is 97.1 Å². The number of benzene rings is 2. The number of aliphatic hydroxyl groups is 1. The predicted molar refractivity (Wildman–Crippen MR) is 93.4 cm³/mol. The Kier molecular flexibility index (Phi) is 3.38. The summed E-state index contributed by atoms with van der Waals surface area (Å²) in [6, 6.07) is 13.5. The summed E-state index contributed by atoms with van der Waals surface area (Å²) in [7, 11) is 0. The van der Waals surface area contributed by atoms with Gasteiger partial charge in [-0.3, -0.25) is 0 Å². The van der Waals surface area contributed by atoms with Gasteiger partial charge in [0, 0.05) is 28.1 Å². The van der Waals surface area contributed by atoms with Crippen molar-refractivity contribution in [2.45, 2.75) is 18.3 Å². The van der Waals surface area contributed by atoms with Crippen LogP contribution >= 0.6 is 0 Å². The molecule has 0 amide bonds. The molecule has 1 aromatic heterocycles. The first kappa shape index (κ1) is 15.4. The number of rotatable bonds is 4. The lowest BCUT2D eigenvalue weighted by molar-refractivity contribution is 0.0699.